The van der Waals surface area contributed by atoms with E-state index in [0.29, 0.717) is 39.6 Å². The van der Waals surface area contributed by atoms with Gasteiger partial charge in [-0.2, -0.15) is 0 Å². The topological polar surface area (TPSA) is 105 Å². The molecule has 0 radical (unpaired) electrons. The Kier molecular flexibility index (Phi) is 8.15. The van der Waals surface area contributed by atoms with Crippen LogP contribution in [0.1, 0.15) is 62.6 Å². The largest absolute Gasteiger partial charge is 0.462 e. The number of aryl methyl sites for hydroxylation is 1. The van der Waals surface area contributed by atoms with Crippen molar-refractivity contribution < 1.29 is 19.4 Å². The number of nitrogens with zero attached hydrogens (tertiary/aromatic N) is 2. The van der Waals surface area contributed by atoms with Crippen molar-refractivity contribution in [1.82, 2.24) is 14.9 Å². The molecule has 0 saturated heterocycles. The second-order valence-corrected chi connectivity index (χ2v) is 9.57. The highest BCUT2D eigenvalue weighted by Crippen LogP contribution is 2.27. The van der Waals surface area contributed by atoms with Gasteiger partial charge >= 0.3 is 5.97 Å². The number of ether oxygens (including phenoxy) is 2. The number of fused-ring (bicyclic) bond motifs is 1. The second-order valence-electron chi connectivity index (χ2n) is 8.57. The van der Waals surface area contributed by atoms with E-state index in [0.717, 1.165) is 0 Å². The molecule has 0 bridgehead atoms. The maximum Gasteiger partial charge on any atom is 0.348 e. The average Bonchev–Trinajstić information content (AvgIpc) is 2.96. The molecule has 30 heavy (non-hydrogen) atoms. The highest BCUT2D eigenvalue weighted by atomic mass is 32.1. The standard InChI is InChI=1S/C21H33N3O5S/c1-8-28-20(27)17-13(4)16-18(26)22-15(23-19(16)30-17)10-24(12(2)3)9-14(25)11-29-21(5,6)7/h12,14,25H,8-11H2,1-7H3,(H,22,23,26)/t14-/m1/s1. The number of hydrogen-bond acceptors (Lipinski definition) is 8. The smallest absolute Gasteiger partial charge is 0.348 e. The number of thiophene rings is 1. The Morgan fingerprint density at radius 1 is 1.33 bits per heavy atom. The fourth-order valence-electron chi connectivity index (χ4n) is 2.97. The van der Waals surface area contributed by atoms with Gasteiger partial charge < -0.3 is 19.6 Å². The number of hydrogen-bond donors (Lipinski definition) is 2. The summed E-state index contributed by atoms with van der Waals surface area (Å²) >= 11 is 1.17. The van der Waals surface area contributed by atoms with E-state index in [1.54, 1.807) is 13.8 Å². The van der Waals surface area contributed by atoms with E-state index in [9.17, 15) is 14.7 Å². The van der Waals surface area contributed by atoms with E-state index >= 15 is 0 Å². The lowest BCUT2D eigenvalue weighted by molar-refractivity contribution is -0.0588. The minimum Gasteiger partial charge on any atom is -0.462 e. The van der Waals surface area contributed by atoms with Crippen LogP contribution in [0.25, 0.3) is 10.2 Å². The molecule has 2 aromatic heterocycles. The van der Waals surface area contributed by atoms with Crippen molar-refractivity contribution in [3.63, 3.8) is 0 Å². The molecule has 0 spiro atoms. The molecule has 0 amide bonds. The lowest BCUT2D eigenvalue weighted by atomic mass is 10.2. The molecule has 2 N–H and O–H groups in total. The molecular weight excluding hydrogens is 406 g/mol. The Labute approximate surface area is 181 Å². The normalized spacial score (nSPS) is 13.4. The van der Waals surface area contributed by atoms with E-state index in [1.165, 1.54) is 11.3 Å². The Bertz CT molecular complexity index is 929. The van der Waals surface area contributed by atoms with Gasteiger partial charge in [-0.05, 0) is 54.0 Å². The monoisotopic (exact) mass is 439 g/mol. The van der Waals surface area contributed by atoms with Crippen LogP contribution in [0, 0.1) is 6.92 Å². The highest BCUT2D eigenvalue weighted by Gasteiger charge is 2.22. The van der Waals surface area contributed by atoms with Crippen LogP contribution in [0.2, 0.25) is 0 Å². The van der Waals surface area contributed by atoms with E-state index in [2.05, 4.69) is 9.97 Å². The number of aliphatic hydroxyl groups excluding tert-OH is 1. The average molecular weight is 440 g/mol. The Morgan fingerprint density at radius 3 is 2.57 bits per heavy atom. The third-order valence-electron chi connectivity index (χ3n) is 4.55. The van der Waals surface area contributed by atoms with Gasteiger partial charge in [0.05, 0.1) is 36.8 Å². The van der Waals surface area contributed by atoms with Gasteiger partial charge in [0.1, 0.15) is 15.5 Å². The van der Waals surface area contributed by atoms with Crippen molar-refractivity contribution in [2.45, 2.75) is 72.8 Å². The predicted molar refractivity (Wildman–Crippen MR) is 118 cm³/mol. The molecular formula is C21H33N3O5S. The molecule has 0 fully saturated rings. The van der Waals surface area contributed by atoms with Crippen LogP contribution in [0.5, 0.6) is 0 Å². The van der Waals surface area contributed by atoms with Crippen molar-refractivity contribution in [2.24, 2.45) is 0 Å². The highest BCUT2D eigenvalue weighted by molar-refractivity contribution is 7.20. The zero-order chi connectivity index (χ0) is 22.6. The fraction of sp³-hybridized carbons (Fsp3) is 0.667. The van der Waals surface area contributed by atoms with E-state index in [4.69, 9.17) is 9.47 Å². The molecule has 0 unspecified atom stereocenters. The van der Waals surface area contributed by atoms with Crippen LogP contribution < -0.4 is 5.56 Å². The van der Waals surface area contributed by atoms with Gasteiger partial charge in [-0.3, -0.25) is 9.69 Å². The molecule has 168 valence electrons. The van der Waals surface area contributed by atoms with Crippen LogP contribution in [-0.2, 0) is 16.0 Å². The molecule has 8 nitrogen and oxygen atoms in total. The molecule has 0 aliphatic rings. The summed E-state index contributed by atoms with van der Waals surface area (Å²) in [5.74, 6) is 0.0477. The number of carbonyl (C=O) groups excluding carboxylic acids is 1. The van der Waals surface area contributed by atoms with Crippen molar-refractivity contribution >= 4 is 27.5 Å². The zero-order valence-electron chi connectivity index (χ0n) is 18.9. The first-order chi connectivity index (χ1) is 13.9. The van der Waals surface area contributed by atoms with E-state index < -0.39 is 12.1 Å². The van der Waals surface area contributed by atoms with E-state index in [1.807, 2.05) is 39.5 Å². The van der Waals surface area contributed by atoms with Gasteiger partial charge in [0.15, 0.2) is 0 Å². The summed E-state index contributed by atoms with van der Waals surface area (Å²) in [6.45, 7) is 14.6. The Morgan fingerprint density at radius 2 is 2.00 bits per heavy atom. The molecule has 0 aromatic carbocycles. The summed E-state index contributed by atoms with van der Waals surface area (Å²) in [5.41, 5.74) is -0.0152. The number of esters is 1. The number of aromatic nitrogens is 2. The molecule has 2 aromatic rings. The van der Waals surface area contributed by atoms with Gasteiger partial charge in [0, 0.05) is 12.6 Å². The minimum absolute atomic E-state index is 0.121. The van der Waals surface area contributed by atoms with Gasteiger partial charge in [-0.1, -0.05) is 0 Å². The first-order valence-corrected chi connectivity index (χ1v) is 11.0. The Balaban J connectivity index is 2.23. The maximum atomic E-state index is 12.7. The molecule has 2 heterocycles. The van der Waals surface area contributed by atoms with Crippen LogP contribution in [-0.4, -0.2) is 63.4 Å². The van der Waals surface area contributed by atoms with Crippen LogP contribution in [0.4, 0.5) is 0 Å². The quantitative estimate of drug-likeness (QED) is 0.579. The second kappa shape index (κ2) is 10.00. The molecule has 0 saturated carbocycles. The van der Waals surface area contributed by atoms with Crippen LogP contribution in [0.15, 0.2) is 4.79 Å². The third-order valence-corrected chi connectivity index (χ3v) is 5.71. The summed E-state index contributed by atoms with van der Waals surface area (Å²) in [5, 5.41) is 10.8. The number of carbonyl (C=O) groups is 1. The predicted octanol–water partition coefficient (Wildman–Crippen LogP) is 2.86. The molecule has 2 rings (SSSR count). The van der Waals surface area contributed by atoms with Crippen molar-refractivity contribution in [3.8, 4) is 0 Å². The van der Waals surface area contributed by atoms with Gasteiger partial charge in [-0.25, -0.2) is 9.78 Å². The lowest BCUT2D eigenvalue weighted by Gasteiger charge is -2.29. The molecule has 0 aliphatic heterocycles. The van der Waals surface area contributed by atoms with Gasteiger partial charge in [0.2, 0.25) is 0 Å². The summed E-state index contributed by atoms with van der Waals surface area (Å²) in [6.07, 6.45) is -0.665. The zero-order valence-corrected chi connectivity index (χ0v) is 19.7. The van der Waals surface area contributed by atoms with Crippen LogP contribution >= 0.6 is 11.3 Å². The fourth-order valence-corrected chi connectivity index (χ4v) is 4.07. The summed E-state index contributed by atoms with van der Waals surface area (Å²) in [7, 11) is 0. The number of H-pyrrole nitrogens is 1. The minimum atomic E-state index is -0.665. The van der Waals surface area contributed by atoms with E-state index in [-0.39, 0.29) is 30.4 Å². The lowest BCUT2D eigenvalue weighted by Crippen LogP contribution is -2.40. The summed E-state index contributed by atoms with van der Waals surface area (Å²) in [6, 6.07) is 0.121. The number of aromatic amines is 1. The van der Waals surface area contributed by atoms with Crippen LogP contribution in [0.3, 0.4) is 0 Å². The summed E-state index contributed by atoms with van der Waals surface area (Å²) < 4.78 is 10.7. The Hall–Kier alpha value is -1.81. The maximum absolute atomic E-state index is 12.7. The molecule has 0 aliphatic carbocycles. The number of rotatable bonds is 9. The summed E-state index contributed by atoms with van der Waals surface area (Å²) in [4.78, 5) is 35.2. The van der Waals surface area contributed by atoms with Gasteiger partial charge in [0.25, 0.3) is 5.56 Å². The molecule has 1 atom stereocenters. The molecule has 9 heteroatoms. The first kappa shape index (κ1) is 24.5. The first-order valence-electron chi connectivity index (χ1n) is 10.2. The van der Waals surface area contributed by atoms with Crippen molar-refractivity contribution in [1.29, 1.82) is 0 Å². The van der Waals surface area contributed by atoms with Crippen molar-refractivity contribution in [3.05, 3.63) is 26.6 Å². The number of aliphatic hydroxyl groups is 1. The van der Waals surface area contributed by atoms with Gasteiger partial charge in [-0.15, -0.1) is 11.3 Å². The van der Waals surface area contributed by atoms with Crippen molar-refractivity contribution in [2.75, 3.05) is 19.8 Å². The number of nitrogens with one attached hydrogen (secondary N) is 1. The SMILES string of the molecule is CCOC(=O)c1sc2nc(CN(C[C@@H](O)COC(C)(C)C)C(C)C)[nH]c(=O)c2c1C. The third kappa shape index (κ3) is 6.34.